The molecule has 0 aromatic heterocycles. The number of methoxy groups -OCH3 is 1. The maximum atomic E-state index is 12.2. The molecule has 0 saturated carbocycles. The van der Waals surface area contributed by atoms with Crippen LogP contribution < -0.4 is 20.5 Å². The van der Waals surface area contributed by atoms with Crippen LogP contribution >= 0.6 is 0 Å². The molecule has 0 unspecified atom stereocenters. The predicted molar refractivity (Wildman–Crippen MR) is 100.0 cm³/mol. The lowest BCUT2D eigenvalue weighted by atomic mass is 10.0. The van der Waals surface area contributed by atoms with Crippen LogP contribution in [0.2, 0.25) is 0 Å². The highest BCUT2D eigenvalue weighted by Gasteiger charge is 2.19. The molecule has 136 valence electrons. The van der Waals surface area contributed by atoms with Gasteiger partial charge < -0.3 is 9.64 Å². The Morgan fingerprint density at radius 2 is 1.77 bits per heavy atom. The summed E-state index contributed by atoms with van der Waals surface area (Å²) in [6.45, 7) is 1.05. The number of carbonyl (C=O) groups excluding carboxylic acids is 2. The van der Waals surface area contributed by atoms with Crippen molar-refractivity contribution in [3.05, 3.63) is 59.7 Å². The van der Waals surface area contributed by atoms with Crippen molar-refractivity contribution in [2.45, 2.75) is 19.3 Å². The summed E-state index contributed by atoms with van der Waals surface area (Å²) in [5, 5.41) is 0. The number of rotatable bonds is 5. The van der Waals surface area contributed by atoms with E-state index in [-0.39, 0.29) is 24.8 Å². The molecule has 2 amide bonds. The van der Waals surface area contributed by atoms with Crippen molar-refractivity contribution in [2.24, 2.45) is 0 Å². The number of nitrogens with zero attached hydrogens (tertiary/aromatic N) is 1. The van der Waals surface area contributed by atoms with Gasteiger partial charge in [0.05, 0.1) is 20.1 Å². The lowest BCUT2D eigenvalue weighted by molar-refractivity contribution is -0.127. The van der Waals surface area contributed by atoms with E-state index in [1.165, 1.54) is 5.56 Å². The molecule has 0 aliphatic carbocycles. The van der Waals surface area contributed by atoms with E-state index in [1.807, 2.05) is 41.3 Å². The third-order valence-corrected chi connectivity index (χ3v) is 4.43. The first-order valence-corrected chi connectivity index (χ1v) is 8.70. The van der Waals surface area contributed by atoms with Gasteiger partial charge in [-0.15, -0.1) is 0 Å². The lowest BCUT2D eigenvalue weighted by Gasteiger charge is -2.30. The second kappa shape index (κ2) is 8.38. The monoisotopic (exact) mass is 353 g/mol. The zero-order chi connectivity index (χ0) is 18.4. The largest absolute Gasteiger partial charge is 0.496 e. The van der Waals surface area contributed by atoms with Crippen molar-refractivity contribution in [3.63, 3.8) is 0 Å². The van der Waals surface area contributed by atoms with Crippen LogP contribution in [0.25, 0.3) is 0 Å². The number of para-hydroxylation sites is 2. The number of anilines is 1. The summed E-state index contributed by atoms with van der Waals surface area (Å²) in [5.74, 6) is 0.121. The van der Waals surface area contributed by atoms with E-state index in [9.17, 15) is 9.59 Å². The molecule has 0 bridgehead atoms. The second-order valence-electron chi connectivity index (χ2n) is 6.24. The SMILES string of the molecule is COc1ccccc1CC(=O)NNC(=O)CN1CCCc2ccccc21. The number of hydrogen-bond acceptors (Lipinski definition) is 4. The molecule has 6 heteroatoms. The molecule has 1 heterocycles. The minimum atomic E-state index is -0.290. The van der Waals surface area contributed by atoms with Crippen LogP contribution in [0.3, 0.4) is 0 Å². The lowest BCUT2D eigenvalue weighted by Crippen LogP contribution is -2.47. The van der Waals surface area contributed by atoms with Gasteiger partial charge in [-0.05, 0) is 30.5 Å². The topological polar surface area (TPSA) is 70.7 Å². The average Bonchev–Trinajstić information content (AvgIpc) is 2.67. The number of nitrogens with one attached hydrogen (secondary N) is 2. The third kappa shape index (κ3) is 4.33. The van der Waals surface area contributed by atoms with Crippen molar-refractivity contribution in [3.8, 4) is 5.75 Å². The van der Waals surface area contributed by atoms with Gasteiger partial charge in [-0.3, -0.25) is 20.4 Å². The van der Waals surface area contributed by atoms with Crippen molar-refractivity contribution in [1.82, 2.24) is 10.9 Å². The molecular weight excluding hydrogens is 330 g/mol. The van der Waals surface area contributed by atoms with Gasteiger partial charge in [-0.25, -0.2) is 0 Å². The molecule has 3 rings (SSSR count). The van der Waals surface area contributed by atoms with Gasteiger partial charge in [-0.1, -0.05) is 36.4 Å². The van der Waals surface area contributed by atoms with E-state index >= 15 is 0 Å². The first-order valence-electron chi connectivity index (χ1n) is 8.70. The molecule has 0 radical (unpaired) electrons. The van der Waals surface area contributed by atoms with E-state index in [0.717, 1.165) is 30.6 Å². The Bertz CT molecular complexity index is 791. The number of benzene rings is 2. The number of amides is 2. The molecule has 2 N–H and O–H groups in total. The summed E-state index contributed by atoms with van der Waals surface area (Å²) in [6.07, 6.45) is 2.19. The van der Waals surface area contributed by atoms with Gasteiger partial charge in [0.1, 0.15) is 5.75 Å². The smallest absolute Gasteiger partial charge is 0.257 e. The van der Waals surface area contributed by atoms with Gasteiger partial charge in [0.25, 0.3) is 5.91 Å². The Labute approximate surface area is 153 Å². The molecule has 1 aliphatic heterocycles. The fraction of sp³-hybridized carbons (Fsp3) is 0.300. The molecule has 0 spiro atoms. The Morgan fingerprint density at radius 3 is 2.62 bits per heavy atom. The normalized spacial score (nSPS) is 12.9. The Morgan fingerprint density at radius 1 is 1.04 bits per heavy atom. The predicted octanol–water partition coefficient (Wildman–Crippen LogP) is 1.84. The van der Waals surface area contributed by atoms with Crippen molar-refractivity contribution >= 4 is 17.5 Å². The van der Waals surface area contributed by atoms with E-state index in [0.29, 0.717) is 5.75 Å². The highest BCUT2D eigenvalue weighted by molar-refractivity contribution is 5.86. The Kier molecular flexibility index (Phi) is 5.73. The van der Waals surface area contributed by atoms with E-state index in [4.69, 9.17) is 4.74 Å². The number of fused-ring (bicyclic) bond motifs is 1. The van der Waals surface area contributed by atoms with Gasteiger partial charge >= 0.3 is 0 Å². The maximum Gasteiger partial charge on any atom is 0.257 e. The molecule has 0 atom stereocenters. The van der Waals surface area contributed by atoms with Gasteiger partial charge in [-0.2, -0.15) is 0 Å². The van der Waals surface area contributed by atoms with Gasteiger partial charge in [0.15, 0.2) is 0 Å². The standard InChI is InChI=1S/C20H23N3O3/c1-26-18-11-5-3-8-16(18)13-19(24)21-22-20(25)14-23-12-6-9-15-7-2-4-10-17(15)23/h2-5,7-8,10-11H,6,9,12-14H2,1H3,(H,21,24)(H,22,25). The zero-order valence-electron chi connectivity index (χ0n) is 14.8. The van der Waals surface area contributed by atoms with Crippen LogP contribution in [0.4, 0.5) is 5.69 Å². The summed E-state index contributed by atoms with van der Waals surface area (Å²) in [7, 11) is 1.56. The molecule has 0 saturated heterocycles. The Hall–Kier alpha value is -3.02. The molecule has 26 heavy (non-hydrogen) atoms. The summed E-state index contributed by atoms with van der Waals surface area (Å²) >= 11 is 0. The number of hydrogen-bond donors (Lipinski definition) is 2. The van der Waals surface area contributed by atoms with Gasteiger partial charge in [0.2, 0.25) is 5.91 Å². The molecule has 0 fully saturated rings. The average molecular weight is 353 g/mol. The van der Waals surface area contributed by atoms with Gasteiger partial charge in [0, 0.05) is 17.8 Å². The first-order chi connectivity index (χ1) is 12.7. The van der Waals surface area contributed by atoms with Crippen LogP contribution in [-0.4, -0.2) is 32.0 Å². The Balaban J connectivity index is 1.51. The van der Waals surface area contributed by atoms with E-state index in [2.05, 4.69) is 16.9 Å². The maximum absolute atomic E-state index is 12.2. The number of hydrazine groups is 1. The summed E-state index contributed by atoms with van der Waals surface area (Å²) in [6, 6.07) is 15.4. The van der Waals surface area contributed by atoms with Crippen LogP contribution in [0.15, 0.2) is 48.5 Å². The fourth-order valence-electron chi connectivity index (χ4n) is 3.19. The first kappa shape index (κ1) is 17.8. The fourth-order valence-corrected chi connectivity index (χ4v) is 3.19. The van der Waals surface area contributed by atoms with Crippen LogP contribution in [0.5, 0.6) is 5.75 Å². The van der Waals surface area contributed by atoms with E-state index < -0.39 is 0 Å². The zero-order valence-corrected chi connectivity index (χ0v) is 14.8. The quantitative estimate of drug-likeness (QED) is 0.805. The summed E-state index contributed by atoms with van der Waals surface area (Å²) in [4.78, 5) is 26.3. The molecule has 6 nitrogen and oxygen atoms in total. The third-order valence-electron chi connectivity index (χ3n) is 4.43. The number of carbonyl (C=O) groups is 2. The van der Waals surface area contributed by atoms with Crippen LogP contribution in [-0.2, 0) is 22.4 Å². The van der Waals surface area contributed by atoms with Crippen LogP contribution in [0.1, 0.15) is 17.5 Å². The number of aryl methyl sites for hydroxylation is 1. The summed E-state index contributed by atoms with van der Waals surface area (Å²) in [5.41, 5.74) is 8.09. The number of ether oxygens (including phenoxy) is 1. The summed E-state index contributed by atoms with van der Waals surface area (Å²) < 4.78 is 5.23. The second-order valence-corrected chi connectivity index (χ2v) is 6.24. The van der Waals surface area contributed by atoms with Crippen molar-refractivity contribution in [1.29, 1.82) is 0 Å². The van der Waals surface area contributed by atoms with Crippen molar-refractivity contribution in [2.75, 3.05) is 25.1 Å². The molecular formula is C20H23N3O3. The van der Waals surface area contributed by atoms with Crippen molar-refractivity contribution < 1.29 is 14.3 Å². The molecule has 2 aromatic rings. The molecule has 2 aromatic carbocycles. The highest BCUT2D eigenvalue weighted by atomic mass is 16.5. The van der Waals surface area contributed by atoms with Crippen LogP contribution in [0, 0.1) is 0 Å². The molecule has 1 aliphatic rings. The highest BCUT2D eigenvalue weighted by Crippen LogP contribution is 2.26. The van der Waals surface area contributed by atoms with E-state index in [1.54, 1.807) is 13.2 Å². The minimum Gasteiger partial charge on any atom is -0.496 e. The minimum absolute atomic E-state index is 0.136.